The molecule has 21 heavy (non-hydrogen) atoms. The zero-order valence-corrected chi connectivity index (χ0v) is 12.6. The molecule has 0 aliphatic carbocycles. The van der Waals surface area contributed by atoms with E-state index < -0.39 is 0 Å². The lowest BCUT2D eigenvalue weighted by Gasteiger charge is -2.10. The number of halogens is 1. The Bertz CT molecular complexity index is 656. The van der Waals surface area contributed by atoms with Crippen LogP contribution in [0.15, 0.2) is 47.6 Å². The minimum atomic E-state index is 0.119. The van der Waals surface area contributed by atoms with Gasteiger partial charge in [0.2, 0.25) is 0 Å². The van der Waals surface area contributed by atoms with E-state index in [0.717, 1.165) is 28.3 Å². The first-order valence-electron chi connectivity index (χ1n) is 6.63. The van der Waals surface area contributed by atoms with Crippen LogP contribution < -0.4 is 11.1 Å². The first-order valence-corrected chi connectivity index (χ1v) is 7.01. The average molecular weight is 304 g/mol. The number of amidine groups is 1. The molecule has 5 heteroatoms. The normalized spacial score (nSPS) is 11.6. The van der Waals surface area contributed by atoms with Crippen molar-refractivity contribution in [2.75, 3.05) is 0 Å². The van der Waals surface area contributed by atoms with Gasteiger partial charge in [0, 0.05) is 23.7 Å². The van der Waals surface area contributed by atoms with Crippen LogP contribution in [0.3, 0.4) is 0 Å². The second-order valence-corrected chi connectivity index (χ2v) is 5.23. The second kappa shape index (κ2) is 7.11. The third-order valence-electron chi connectivity index (χ3n) is 3.33. The maximum Gasteiger partial charge on any atom is 0.170 e. The van der Waals surface area contributed by atoms with Crippen molar-refractivity contribution in [1.29, 1.82) is 0 Å². The van der Waals surface area contributed by atoms with E-state index in [4.69, 9.17) is 22.5 Å². The van der Waals surface area contributed by atoms with Gasteiger partial charge in [-0.05, 0) is 35.7 Å². The van der Waals surface area contributed by atoms with Gasteiger partial charge in [-0.25, -0.2) is 0 Å². The standard InChI is InChI=1S/C16H18ClN3O/c1-11-8-12(16(18)20-21)6-7-13(11)9-19-10-14-4-2-3-5-15(14)17/h2-8,19,21H,9-10H2,1H3,(H2,18,20). The van der Waals surface area contributed by atoms with Gasteiger partial charge < -0.3 is 16.3 Å². The molecule has 0 spiro atoms. The van der Waals surface area contributed by atoms with Crippen molar-refractivity contribution in [2.24, 2.45) is 10.9 Å². The van der Waals surface area contributed by atoms with Crippen LogP contribution in [0.5, 0.6) is 0 Å². The van der Waals surface area contributed by atoms with Gasteiger partial charge in [0.05, 0.1) is 0 Å². The predicted octanol–water partition coefficient (Wildman–Crippen LogP) is 3.03. The predicted molar refractivity (Wildman–Crippen MR) is 85.7 cm³/mol. The fourth-order valence-electron chi connectivity index (χ4n) is 2.08. The zero-order chi connectivity index (χ0) is 15.2. The summed E-state index contributed by atoms with van der Waals surface area (Å²) in [6.07, 6.45) is 0. The summed E-state index contributed by atoms with van der Waals surface area (Å²) in [5.74, 6) is 0.119. The topological polar surface area (TPSA) is 70.6 Å². The zero-order valence-electron chi connectivity index (χ0n) is 11.8. The Morgan fingerprint density at radius 3 is 2.57 bits per heavy atom. The molecule has 0 aliphatic rings. The maximum absolute atomic E-state index is 8.68. The fraction of sp³-hybridized carbons (Fsp3) is 0.188. The van der Waals surface area contributed by atoms with E-state index in [1.807, 2.05) is 49.4 Å². The van der Waals surface area contributed by atoms with E-state index in [1.54, 1.807) is 0 Å². The number of hydrogen-bond acceptors (Lipinski definition) is 3. The lowest BCUT2D eigenvalue weighted by atomic mass is 10.0. The van der Waals surface area contributed by atoms with Crippen LogP contribution >= 0.6 is 11.6 Å². The second-order valence-electron chi connectivity index (χ2n) is 4.82. The molecule has 0 aromatic heterocycles. The highest BCUT2D eigenvalue weighted by Gasteiger charge is 2.04. The van der Waals surface area contributed by atoms with Gasteiger partial charge in [-0.1, -0.05) is 47.1 Å². The Morgan fingerprint density at radius 2 is 1.90 bits per heavy atom. The quantitative estimate of drug-likeness (QED) is 0.344. The van der Waals surface area contributed by atoms with Crippen molar-refractivity contribution in [3.05, 3.63) is 69.7 Å². The van der Waals surface area contributed by atoms with Gasteiger partial charge in [-0.15, -0.1) is 0 Å². The molecule has 0 saturated carbocycles. The number of hydrogen-bond donors (Lipinski definition) is 3. The summed E-state index contributed by atoms with van der Waals surface area (Å²) < 4.78 is 0. The van der Waals surface area contributed by atoms with Crippen molar-refractivity contribution >= 4 is 17.4 Å². The molecular formula is C16H18ClN3O. The van der Waals surface area contributed by atoms with Crippen LogP contribution in [0.2, 0.25) is 5.02 Å². The van der Waals surface area contributed by atoms with Crippen LogP contribution in [0.25, 0.3) is 0 Å². The summed E-state index contributed by atoms with van der Waals surface area (Å²) >= 11 is 6.12. The van der Waals surface area contributed by atoms with E-state index >= 15 is 0 Å². The molecule has 0 unspecified atom stereocenters. The number of oxime groups is 1. The van der Waals surface area contributed by atoms with Gasteiger partial charge in [0.1, 0.15) is 0 Å². The Balaban J connectivity index is 1.99. The van der Waals surface area contributed by atoms with Crippen LogP contribution in [-0.4, -0.2) is 11.0 Å². The summed E-state index contributed by atoms with van der Waals surface area (Å²) in [7, 11) is 0. The molecule has 110 valence electrons. The van der Waals surface area contributed by atoms with E-state index in [-0.39, 0.29) is 5.84 Å². The summed E-state index contributed by atoms with van der Waals surface area (Å²) in [6.45, 7) is 3.44. The first kappa shape index (κ1) is 15.4. The number of benzene rings is 2. The van der Waals surface area contributed by atoms with Crippen LogP contribution in [0, 0.1) is 6.92 Å². The Morgan fingerprint density at radius 1 is 1.19 bits per heavy atom. The molecule has 0 atom stereocenters. The average Bonchev–Trinajstić information content (AvgIpc) is 2.50. The van der Waals surface area contributed by atoms with Gasteiger partial charge in [0.15, 0.2) is 5.84 Å². The van der Waals surface area contributed by atoms with Gasteiger partial charge in [-0.2, -0.15) is 0 Å². The van der Waals surface area contributed by atoms with Crippen molar-refractivity contribution in [1.82, 2.24) is 5.32 Å². The fourth-order valence-corrected chi connectivity index (χ4v) is 2.29. The SMILES string of the molecule is Cc1cc(/C(N)=N/O)ccc1CNCc1ccccc1Cl. The number of nitrogens with zero attached hydrogens (tertiary/aromatic N) is 1. The third-order valence-corrected chi connectivity index (χ3v) is 3.70. The van der Waals surface area contributed by atoms with Gasteiger partial charge in [-0.3, -0.25) is 0 Å². The Kier molecular flexibility index (Phi) is 5.20. The van der Waals surface area contributed by atoms with Crippen molar-refractivity contribution < 1.29 is 5.21 Å². The van der Waals surface area contributed by atoms with Crippen LogP contribution in [-0.2, 0) is 13.1 Å². The molecule has 2 rings (SSSR count). The largest absolute Gasteiger partial charge is 0.409 e. The molecule has 0 aliphatic heterocycles. The van der Waals surface area contributed by atoms with Crippen molar-refractivity contribution in [2.45, 2.75) is 20.0 Å². The summed E-state index contributed by atoms with van der Waals surface area (Å²) in [6, 6.07) is 13.5. The first-order chi connectivity index (χ1) is 10.1. The van der Waals surface area contributed by atoms with E-state index in [2.05, 4.69) is 10.5 Å². The smallest absolute Gasteiger partial charge is 0.170 e. The molecule has 2 aromatic carbocycles. The third kappa shape index (κ3) is 3.97. The molecule has 4 N–H and O–H groups in total. The molecule has 2 aromatic rings. The minimum Gasteiger partial charge on any atom is -0.409 e. The Labute approximate surface area is 129 Å². The van der Waals surface area contributed by atoms with Gasteiger partial charge in [0.25, 0.3) is 0 Å². The highest BCUT2D eigenvalue weighted by atomic mass is 35.5. The van der Waals surface area contributed by atoms with Crippen LogP contribution in [0.4, 0.5) is 0 Å². The Hall–Kier alpha value is -2.04. The molecule has 0 heterocycles. The van der Waals surface area contributed by atoms with Crippen molar-refractivity contribution in [3.8, 4) is 0 Å². The highest BCUT2D eigenvalue weighted by Crippen LogP contribution is 2.15. The molecule has 0 bridgehead atoms. The summed E-state index contributed by atoms with van der Waals surface area (Å²) in [5, 5.41) is 15.8. The number of nitrogens with two attached hydrogens (primary N) is 1. The van der Waals surface area contributed by atoms with Crippen LogP contribution in [0.1, 0.15) is 22.3 Å². The lowest BCUT2D eigenvalue weighted by molar-refractivity contribution is 0.318. The number of aryl methyl sites for hydroxylation is 1. The molecule has 0 amide bonds. The van der Waals surface area contributed by atoms with E-state index in [9.17, 15) is 0 Å². The molecule has 4 nitrogen and oxygen atoms in total. The van der Waals surface area contributed by atoms with Crippen molar-refractivity contribution in [3.63, 3.8) is 0 Å². The highest BCUT2D eigenvalue weighted by molar-refractivity contribution is 6.31. The molecule has 0 fully saturated rings. The minimum absolute atomic E-state index is 0.119. The summed E-state index contributed by atoms with van der Waals surface area (Å²) in [4.78, 5) is 0. The van der Waals surface area contributed by atoms with E-state index in [0.29, 0.717) is 12.1 Å². The monoisotopic (exact) mass is 303 g/mol. The summed E-state index contributed by atoms with van der Waals surface area (Å²) in [5.41, 5.74) is 9.61. The molecular weight excluding hydrogens is 286 g/mol. The molecule has 0 radical (unpaired) electrons. The number of rotatable bonds is 5. The number of nitrogens with one attached hydrogen (secondary N) is 1. The van der Waals surface area contributed by atoms with Gasteiger partial charge >= 0.3 is 0 Å². The van der Waals surface area contributed by atoms with E-state index in [1.165, 1.54) is 0 Å². The maximum atomic E-state index is 8.68. The lowest BCUT2D eigenvalue weighted by Crippen LogP contribution is -2.16. The molecule has 0 saturated heterocycles.